The Labute approximate surface area is 107 Å². The van der Waals surface area contributed by atoms with Gasteiger partial charge in [-0.15, -0.1) is 0 Å². The smallest absolute Gasteiger partial charge is 0.310 e. The van der Waals surface area contributed by atoms with E-state index in [4.69, 9.17) is 9.46 Å². The second kappa shape index (κ2) is 9.22. The Morgan fingerprint density at radius 3 is 1.75 bits per heavy atom. The maximum absolute atomic E-state index is 8.46. The van der Waals surface area contributed by atoms with Gasteiger partial charge in [0.1, 0.15) is 0 Å². The fourth-order valence-electron chi connectivity index (χ4n) is 2.42. The number of allylic oxidation sites excluding steroid dienone is 4. The Hall–Kier alpha value is 0.163. The largest absolute Gasteiger partial charge is 0.324 e. The second-order valence-electron chi connectivity index (χ2n) is 4.47. The first-order chi connectivity index (χ1) is 7.86. The van der Waals surface area contributed by atoms with E-state index >= 15 is 0 Å². The van der Waals surface area contributed by atoms with Crippen molar-refractivity contribution in [3.63, 3.8) is 0 Å². The Balaban J connectivity index is 0.000000386. The van der Waals surface area contributed by atoms with Crippen LogP contribution in [0, 0.1) is 0 Å². The zero-order valence-corrected chi connectivity index (χ0v) is 13.7. The minimum Gasteiger partial charge on any atom is -0.310 e. The number of hydrogen-bond acceptors (Lipinski definition) is 1. The average molecular weight is 292 g/mol. The van der Waals surface area contributed by atoms with Gasteiger partial charge in [0.25, 0.3) is 0 Å². The first-order valence-corrected chi connectivity index (χ1v) is 9.92. The quantitative estimate of drug-likeness (QED) is 0.612. The zero-order valence-electron chi connectivity index (χ0n) is 9.82. The molecule has 2 nitrogen and oxygen atoms in total. The van der Waals surface area contributed by atoms with Gasteiger partial charge in [0.2, 0.25) is 0 Å². The van der Waals surface area contributed by atoms with Crippen LogP contribution in [0.25, 0.3) is 0 Å². The minimum atomic E-state index is -0.833. The van der Waals surface area contributed by atoms with Crippen LogP contribution < -0.4 is 0 Å². The van der Waals surface area contributed by atoms with Gasteiger partial charge >= 0.3 is 97.7 Å². The first kappa shape index (κ1) is 14.2. The molecule has 4 heteroatoms. The van der Waals surface area contributed by atoms with Gasteiger partial charge in [-0.05, 0) is 0 Å². The summed E-state index contributed by atoms with van der Waals surface area (Å²) in [6.45, 7) is 0. The number of hydrogen-bond donors (Lipinski definition) is 1. The van der Waals surface area contributed by atoms with Crippen LogP contribution in [0.15, 0.2) is 20.5 Å². The van der Waals surface area contributed by atoms with E-state index in [1.165, 1.54) is 51.4 Å². The van der Waals surface area contributed by atoms with Crippen LogP contribution in [0.2, 0.25) is 0 Å². The fraction of sp³-hybridized carbons (Fsp3) is 0.667. The van der Waals surface area contributed by atoms with E-state index in [9.17, 15) is 0 Å². The van der Waals surface area contributed by atoms with Crippen molar-refractivity contribution in [2.75, 3.05) is 0 Å². The van der Waals surface area contributed by atoms with Crippen LogP contribution in [-0.4, -0.2) is 4.89 Å². The normalized spacial score (nSPS) is 20.1. The minimum absolute atomic E-state index is 0.400. The molecule has 0 aromatic heterocycles. The predicted molar refractivity (Wildman–Crippen MR) is 62.9 cm³/mol. The molecule has 2 aliphatic rings. The Morgan fingerprint density at radius 1 is 1.00 bits per heavy atom. The predicted octanol–water partition coefficient (Wildman–Crippen LogP) is 4.17. The molecule has 0 unspecified atom stereocenters. The van der Waals surface area contributed by atoms with Crippen molar-refractivity contribution in [1.29, 1.82) is 0 Å². The van der Waals surface area contributed by atoms with E-state index in [-0.39, 0.29) is 0 Å². The molecule has 0 aromatic rings. The summed E-state index contributed by atoms with van der Waals surface area (Å²) in [7, 11) is -0.833. The molecule has 1 N–H and O–H groups in total. The van der Waals surface area contributed by atoms with Crippen molar-refractivity contribution in [2.24, 2.45) is 0 Å². The van der Waals surface area contributed by atoms with E-state index in [1.807, 2.05) is 8.33 Å². The molecule has 2 aliphatic carbocycles. The van der Waals surface area contributed by atoms with Crippen LogP contribution in [0.4, 0.5) is 0 Å². The van der Waals surface area contributed by atoms with Crippen molar-refractivity contribution in [2.45, 2.75) is 51.4 Å². The molecule has 0 aromatic carbocycles. The summed E-state index contributed by atoms with van der Waals surface area (Å²) in [6, 6.07) is 0. The van der Waals surface area contributed by atoms with Gasteiger partial charge in [-0.2, -0.15) is 0 Å². The van der Waals surface area contributed by atoms with Crippen molar-refractivity contribution in [3.05, 3.63) is 20.5 Å². The summed E-state index contributed by atoms with van der Waals surface area (Å²) < 4.78 is 12.3. The fourth-order valence-corrected chi connectivity index (χ4v) is 6.90. The molecular formula is C12H19O2PZn. The van der Waals surface area contributed by atoms with Crippen LogP contribution in [0.1, 0.15) is 51.4 Å². The molecule has 16 heavy (non-hydrogen) atoms. The molecule has 0 radical (unpaired) electrons. The van der Waals surface area contributed by atoms with Crippen LogP contribution in [0.5, 0.6) is 0 Å². The van der Waals surface area contributed by atoms with Crippen molar-refractivity contribution in [3.8, 4) is 0 Å². The molecule has 0 bridgehead atoms. The summed E-state index contributed by atoms with van der Waals surface area (Å²) in [5.74, 6) is 0. The second-order valence-corrected chi connectivity index (χ2v) is 9.19. The van der Waals surface area contributed by atoms with Crippen molar-refractivity contribution >= 4 is 8.69 Å². The average Bonchev–Trinajstić information content (AvgIpc) is 2.33. The van der Waals surface area contributed by atoms with E-state index in [1.54, 1.807) is 0 Å². The molecule has 0 spiro atoms. The summed E-state index contributed by atoms with van der Waals surface area (Å²) in [5, 5.41) is 0. The molecular weight excluding hydrogens is 272 g/mol. The Kier molecular flexibility index (Phi) is 8.20. The van der Waals surface area contributed by atoms with Crippen LogP contribution in [0.3, 0.4) is 0 Å². The van der Waals surface area contributed by atoms with E-state index in [2.05, 4.69) is 12.2 Å². The topological polar surface area (TPSA) is 37.3 Å². The van der Waals surface area contributed by atoms with Crippen molar-refractivity contribution in [1.82, 2.24) is 0 Å². The molecule has 0 atom stereocenters. The standard InChI is InChI=1S/2C6H9.HO2P.Zn/c2*1-2-4-6-5-3-1;1-3-2;/h2*1H,2,4-6H2;(H,1,2);. The molecule has 0 amide bonds. The summed E-state index contributed by atoms with van der Waals surface area (Å²) in [4.78, 5) is 6.99. The third kappa shape index (κ3) is 6.04. The Bertz CT molecular complexity index is 250. The zero-order chi connectivity index (χ0) is 11.6. The Morgan fingerprint density at radius 2 is 1.44 bits per heavy atom. The van der Waals surface area contributed by atoms with Gasteiger partial charge in [0.15, 0.2) is 0 Å². The van der Waals surface area contributed by atoms with E-state index in [0.717, 1.165) is 0 Å². The SMILES string of the molecule is C1=[C]([Zn][C]2=CCCCC2)CCCC1.O=PO. The molecule has 0 aliphatic heterocycles. The van der Waals surface area contributed by atoms with E-state index < -0.39 is 25.8 Å². The molecule has 0 fully saturated rings. The van der Waals surface area contributed by atoms with Gasteiger partial charge < -0.3 is 4.89 Å². The van der Waals surface area contributed by atoms with Gasteiger partial charge in [-0.25, -0.2) is 4.57 Å². The van der Waals surface area contributed by atoms with Gasteiger partial charge in [0.05, 0.1) is 0 Å². The molecule has 0 saturated heterocycles. The summed E-state index contributed by atoms with van der Waals surface area (Å²) in [5.41, 5.74) is 0. The third-order valence-electron chi connectivity index (χ3n) is 3.22. The van der Waals surface area contributed by atoms with Gasteiger partial charge in [-0.1, -0.05) is 0 Å². The van der Waals surface area contributed by atoms with Crippen LogP contribution >= 0.6 is 8.69 Å². The van der Waals surface area contributed by atoms with Gasteiger partial charge in [0, 0.05) is 0 Å². The molecule has 0 heterocycles. The monoisotopic (exact) mass is 290 g/mol. The van der Waals surface area contributed by atoms with Crippen LogP contribution in [-0.2, 0) is 21.7 Å². The third-order valence-corrected chi connectivity index (χ3v) is 7.82. The molecule has 0 saturated carbocycles. The maximum atomic E-state index is 8.46. The van der Waals surface area contributed by atoms with E-state index in [0.29, 0.717) is 0 Å². The van der Waals surface area contributed by atoms with Crippen molar-refractivity contribution < 1.29 is 26.6 Å². The number of rotatable bonds is 2. The van der Waals surface area contributed by atoms with Gasteiger partial charge in [-0.3, -0.25) is 0 Å². The first-order valence-electron chi connectivity index (χ1n) is 6.19. The maximum Gasteiger partial charge on any atom is 0.324 e. The summed E-state index contributed by atoms with van der Waals surface area (Å²) >= 11 is -0.400. The molecule has 2 rings (SSSR count). The summed E-state index contributed by atoms with van der Waals surface area (Å²) in [6.07, 6.45) is 16.7. The molecule has 86 valence electrons.